The van der Waals surface area contributed by atoms with Crippen LogP contribution in [0.5, 0.6) is 5.75 Å². The van der Waals surface area contributed by atoms with Crippen LogP contribution in [-0.2, 0) is 39.6 Å². The Bertz CT molecular complexity index is 2090. The van der Waals surface area contributed by atoms with Gasteiger partial charge in [-0.2, -0.15) is 0 Å². The molecule has 3 aliphatic heterocycles. The molecule has 6 N–H and O–H groups in total. The first-order valence-corrected chi connectivity index (χ1v) is 25.9. The van der Waals surface area contributed by atoms with E-state index >= 15 is 0 Å². The van der Waals surface area contributed by atoms with Crippen molar-refractivity contribution >= 4 is 11.7 Å². The first-order chi connectivity index (χ1) is 34.6. The number of cyclic esters (lactones) is 1. The number of alkyl halides is 1. The van der Waals surface area contributed by atoms with E-state index in [0.29, 0.717) is 31.6 Å². The molecular formula is C51H85FN6O16. The van der Waals surface area contributed by atoms with E-state index < -0.39 is 132 Å². The van der Waals surface area contributed by atoms with Gasteiger partial charge in [-0.1, -0.05) is 26.0 Å². The van der Waals surface area contributed by atoms with Gasteiger partial charge in [0.15, 0.2) is 12.6 Å². The Morgan fingerprint density at radius 1 is 1.01 bits per heavy atom. The summed E-state index contributed by atoms with van der Waals surface area (Å²) in [5.41, 5.74) is -4.31. The van der Waals surface area contributed by atoms with Gasteiger partial charge in [0.05, 0.1) is 52.2 Å². The number of likely N-dealkylation sites (N-methyl/N-ethyl adjacent to an activating group) is 2. The molecule has 0 spiro atoms. The number of nitro benzene ring substituents is 1. The lowest BCUT2D eigenvalue weighted by molar-refractivity contribution is -0.384. The Kier molecular flexibility index (Phi) is 21.3. The SMILES string of the molecule is CC[C@H]1OC(=O)[C@H](C)[C@@H](O[C@H]2C[C@@](C)(OC)[C@@H](O)[C@H](C)O2)[C@H](C)[C@@H](O[C@@H]2O[C@H](C)C[C@H](N(C)CCc3cn([C@H](CF)[C@H](O)COc4ccc([N+](=O)[O-])cc4)nn3)[C@H]2O)[C@](C)(O)C[C@@H](C)CN(C)[C@H](C)[C@@H](O)[C@]1(C)O. The van der Waals surface area contributed by atoms with E-state index in [4.69, 9.17) is 33.2 Å². The number of rotatable bonds is 17. The summed E-state index contributed by atoms with van der Waals surface area (Å²) < 4.78 is 59.3. The summed E-state index contributed by atoms with van der Waals surface area (Å²) >= 11 is 0. The number of methoxy groups -OCH3 is 1. The lowest BCUT2D eigenvalue weighted by atomic mass is 9.77. The van der Waals surface area contributed by atoms with Crippen molar-refractivity contribution < 1.29 is 77.9 Å². The van der Waals surface area contributed by atoms with Crippen LogP contribution in [0.2, 0.25) is 0 Å². The van der Waals surface area contributed by atoms with Gasteiger partial charge in [-0.3, -0.25) is 14.9 Å². The molecule has 422 valence electrons. The summed E-state index contributed by atoms with van der Waals surface area (Å²) in [7, 11) is 5.11. The van der Waals surface area contributed by atoms with Gasteiger partial charge in [0.2, 0.25) is 0 Å². The van der Waals surface area contributed by atoms with E-state index in [2.05, 4.69) is 10.3 Å². The summed E-state index contributed by atoms with van der Waals surface area (Å²) in [5.74, 6) is -2.72. The van der Waals surface area contributed by atoms with Gasteiger partial charge in [-0.15, -0.1) is 5.10 Å². The fourth-order valence-electron chi connectivity index (χ4n) is 11.0. The number of carbonyl (C=O) groups is 1. The van der Waals surface area contributed by atoms with E-state index in [1.54, 1.807) is 55.5 Å². The number of halogens is 1. The molecule has 3 fully saturated rings. The molecule has 4 heterocycles. The second-order valence-corrected chi connectivity index (χ2v) is 22.0. The van der Waals surface area contributed by atoms with Crippen molar-refractivity contribution in [2.24, 2.45) is 17.8 Å². The molecule has 0 radical (unpaired) electrons. The molecule has 2 aromatic rings. The molecule has 5 rings (SSSR count). The van der Waals surface area contributed by atoms with Crippen molar-refractivity contribution in [1.29, 1.82) is 0 Å². The Morgan fingerprint density at radius 3 is 2.28 bits per heavy atom. The third kappa shape index (κ3) is 14.5. The van der Waals surface area contributed by atoms with Crippen LogP contribution in [0.1, 0.15) is 107 Å². The first kappa shape index (κ1) is 61.3. The number of carbonyl (C=O) groups excluding carboxylic acids is 1. The van der Waals surface area contributed by atoms with Crippen LogP contribution >= 0.6 is 0 Å². The molecule has 0 bridgehead atoms. The monoisotopic (exact) mass is 1060 g/mol. The van der Waals surface area contributed by atoms with Crippen molar-refractivity contribution in [3.63, 3.8) is 0 Å². The van der Waals surface area contributed by atoms with E-state index in [0.717, 1.165) is 0 Å². The highest BCUT2D eigenvalue weighted by Crippen LogP contribution is 2.40. The molecule has 3 aliphatic rings. The number of aliphatic hydroxyl groups excluding tert-OH is 4. The number of aromatic nitrogens is 3. The topological polar surface area (TPSA) is 283 Å². The van der Waals surface area contributed by atoms with Crippen LogP contribution in [0.25, 0.3) is 0 Å². The third-order valence-electron chi connectivity index (χ3n) is 15.8. The van der Waals surface area contributed by atoms with Crippen LogP contribution in [0.4, 0.5) is 10.1 Å². The summed E-state index contributed by atoms with van der Waals surface area (Å²) in [6.45, 7) is 16.6. The number of aliphatic hydroxyl groups is 6. The fourth-order valence-corrected chi connectivity index (χ4v) is 11.0. The Balaban J connectivity index is 1.40. The number of hydrogen-bond donors (Lipinski definition) is 6. The van der Waals surface area contributed by atoms with Gasteiger partial charge in [-0.25, -0.2) is 9.07 Å². The molecule has 0 unspecified atom stereocenters. The lowest BCUT2D eigenvalue weighted by Crippen LogP contribution is -2.61. The van der Waals surface area contributed by atoms with Crippen molar-refractivity contribution in [2.75, 3.05) is 47.6 Å². The Hall–Kier alpha value is -3.56. The van der Waals surface area contributed by atoms with Gasteiger partial charge < -0.3 is 73.6 Å². The number of non-ortho nitro benzene ring substituents is 1. The highest BCUT2D eigenvalue weighted by molar-refractivity contribution is 5.73. The van der Waals surface area contributed by atoms with Crippen LogP contribution in [0.15, 0.2) is 30.5 Å². The molecule has 74 heavy (non-hydrogen) atoms. The average Bonchev–Trinajstić information content (AvgIpc) is 3.82. The molecule has 1 aromatic heterocycles. The molecule has 0 amide bonds. The Labute approximate surface area is 434 Å². The molecule has 1 aromatic carbocycles. The number of nitro groups is 1. The molecule has 0 saturated carbocycles. The highest BCUT2D eigenvalue weighted by atomic mass is 19.1. The van der Waals surface area contributed by atoms with Gasteiger partial charge in [0.25, 0.3) is 5.69 Å². The highest BCUT2D eigenvalue weighted by Gasteiger charge is 2.53. The van der Waals surface area contributed by atoms with Crippen LogP contribution in [0, 0.1) is 27.9 Å². The minimum atomic E-state index is -1.87. The zero-order valence-corrected chi connectivity index (χ0v) is 45.4. The van der Waals surface area contributed by atoms with Gasteiger partial charge in [-0.05, 0) is 99.9 Å². The second kappa shape index (κ2) is 25.7. The maximum atomic E-state index is 14.5. The molecule has 20 atom stereocenters. The summed E-state index contributed by atoms with van der Waals surface area (Å²) in [6.07, 6.45) is -9.37. The van der Waals surface area contributed by atoms with Crippen LogP contribution < -0.4 is 4.74 Å². The standard InChI is InChI=1S/C51H85FN6O16/c1-14-40-51(10,65)44(61)32(6)56(12)25-28(2)22-49(8,64)46(30(4)43(31(5)47(63)72-40)73-41-23-50(9,68-13)45(62)33(7)71-41)74-48-42(60)37(21-29(3)70-48)55(11)20-19-34-26-57(54-53-34)38(24-52)39(59)27-69-36-17-15-35(16-18-36)58(66)67/h15-18,26,28-33,37-46,48,59-62,64-65H,14,19-25,27H2,1-13H3/t28-,29-,30+,31-,32-,33+,37+,38-,39-,40-,41+,42-,43+,44-,45+,46-,48+,49-,50-,51-/m1/s1. The zero-order valence-electron chi connectivity index (χ0n) is 45.4. The zero-order chi connectivity index (χ0) is 55.2. The van der Waals surface area contributed by atoms with Crippen LogP contribution in [-0.4, -0.2) is 210 Å². The summed E-state index contributed by atoms with van der Waals surface area (Å²) in [6, 6.07) is 2.98. The number of esters is 1. The Morgan fingerprint density at radius 2 is 1.68 bits per heavy atom. The molecule has 0 aliphatic carbocycles. The number of hydrogen-bond acceptors (Lipinski definition) is 20. The quantitative estimate of drug-likeness (QED) is 0.0754. The maximum absolute atomic E-state index is 14.5. The normalized spacial score (nSPS) is 39.1. The molecular weight excluding hydrogens is 972 g/mol. The molecule has 22 nitrogen and oxygen atoms in total. The van der Waals surface area contributed by atoms with Gasteiger partial charge >= 0.3 is 5.97 Å². The van der Waals surface area contributed by atoms with Crippen molar-refractivity contribution in [1.82, 2.24) is 24.8 Å². The summed E-state index contributed by atoms with van der Waals surface area (Å²) in [4.78, 5) is 28.7. The van der Waals surface area contributed by atoms with Crippen molar-refractivity contribution in [3.05, 3.63) is 46.3 Å². The van der Waals surface area contributed by atoms with Crippen molar-refractivity contribution in [3.8, 4) is 5.75 Å². The van der Waals surface area contributed by atoms with Gasteiger partial charge in [0, 0.05) is 69.4 Å². The number of nitrogens with zero attached hydrogens (tertiary/aromatic N) is 6. The number of benzene rings is 1. The van der Waals surface area contributed by atoms with E-state index in [-0.39, 0.29) is 43.2 Å². The summed E-state index contributed by atoms with van der Waals surface area (Å²) in [5, 5.41) is 89.8. The minimum absolute atomic E-state index is 0.0629. The molecule has 3 saturated heterocycles. The van der Waals surface area contributed by atoms with Crippen molar-refractivity contribution in [2.45, 2.75) is 204 Å². The fraction of sp³-hybridized carbons (Fsp3) is 0.824. The van der Waals surface area contributed by atoms with E-state index in [1.807, 2.05) is 30.7 Å². The third-order valence-corrected chi connectivity index (χ3v) is 15.8. The first-order valence-electron chi connectivity index (χ1n) is 25.9. The predicted octanol–water partition coefficient (Wildman–Crippen LogP) is 2.96. The van der Waals surface area contributed by atoms with Gasteiger partial charge in [0.1, 0.15) is 61.2 Å². The molecule has 23 heteroatoms. The van der Waals surface area contributed by atoms with Crippen LogP contribution in [0.3, 0.4) is 0 Å². The predicted molar refractivity (Wildman–Crippen MR) is 266 cm³/mol. The smallest absolute Gasteiger partial charge is 0.311 e. The lowest BCUT2D eigenvalue weighted by Gasteiger charge is -2.49. The maximum Gasteiger partial charge on any atom is 0.311 e. The second-order valence-electron chi connectivity index (χ2n) is 22.0. The largest absolute Gasteiger partial charge is 0.491 e. The number of ether oxygens (including phenoxy) is 7. The average molecular weight is 1060 g/mol. The minimum Gasteiger partial charge on any atom is -0.491 e. The van der Waals surface area contributed by atoms with E-state index in [9.17, 15) is 49.9 Å². The van der Waals surface area contributed by atoms with E-state index in [1.165, 1.54) is 49.2 Å².